The summed E-state index contributed by atoms with van der Waals surface area (Å²) in [6.07, 6.45) is 3.60. The standard InChI is InChI=1S/C19H15N7/c1-12-20-10-11-26(12)19-21-15-8-4-2-6-13(15)17(23-19)22-18-14-7-3-5-9-16(14)24-25-18/h2-11H,1H3,(H2,21,22,23,24,25). The minimum absolute atomic E-state index is 0.574. The third kappa shape index (κ3) is 2.29. The van der Waals surface area contributed by atoms with Gasteiger partial charge in [0.1, 0.15) is 17.5 Å². The first-order valence-corrected chi connectivity index (χ1v) is 8.27. The third-order valence-electron chi connectivity index (χ3n) is 4.34. The van der Waals surface area contributed by atoms with Crippen molar-refractivity contribution in [3.8, 4) is 5.95 Å². The molecule has 2 aromatic carbocycles. The van der Waals surface area contributed by atoms with Crippen LogP contribution in [0.15, 0.2) is 60.9 Å². The maximum absolute atomic E-state index is 4.74. The Bertz CT molecular complexity index is 1240. The molecule has 0 saturated carbocycles. The van der Waals surface area contributed by atoms with Crippen molar-refractivity contribution in [2.24, 2.45) is 0 Å². The first-order chi connectivity index (χ1) is 12.8. The Morgan fingerprint density at radius 2 is 1.69 bits per heavy atom. The van der Waals surface area contributed by atoms with E-state index in [9.17, 15) is 0 Å². The van der Waals surface area contributed by atoms with E-state index in [0.717, 1.165) is 33.4 Å². The van der Waals surface area contributed by atoms with E-state index in [0.29, 0.717) is 11.8 Å². The Balaban J connectivity index is 1.70. The van der Waals surface area contributed by atoms with E-state index in [2.05, 4.69) is 25.5 Å². The molecule has 126 valence electrons. The third-order valence-corrected chi connectivity index (χ3v) is 4.34. The van der Waals surface area contributed by atoms with Gasteiger partial charge in [-0.3, -0.25) is 9.67 Å². The van der Waals surface area contributed by atoms with Crippen LogP contribution < -0.4 is 5.32 Å². The van der Waals surface area contributed by atoms with Gasteiger partial charge in [-0.25, -0.2) is 9.97 Å². The van der Waals surface area contributed by atoms with E-state index in [-0.39, 0.29) is 0 Å². The Morgan fingerprint density at radius 1 is 0.923 bits per heavy atom. The molecule has 0 fully saturated rings. The number of benzene rings is 2. The Hall–Kier alpha value is -3.74. The fourth-order valence-corrected chi connectivity index (χ4v) is 3.03. The number of nitrogens with one attached hydrogen (secondary N) is 2. The monoisotopic (exact) mass is 341 g/mol. The molecular weight excluding hydrogens is 326 g/mol. The van der Waals surface area contributed by atoms with Crippen LogP contribution in [0.25, 0.3) is 27.8 Å². The van der Waals surface area contributed by atoms with E-state index in [4.69, 9.17) is 4.98 Å². The molecule has 0 amide bonds. The minimum atomic E-state index is 0.574. The molecule has 0 spiro atoms. The van der Waals surface area contributed by atoms with E-state index in [1.165, 1.54) is 0 Å². The van der Waals surface area contributed by atoms with Crippen molar-refractivity contribution >= 4 is 33.4 Å². The summed E-state index contributed by atoms with van der Waals surface area (Å²) in [7, 11) is 0. The van der Waals surface area contributed by atoms with Crippen LogP contribution in [0.2, 0.25) is 0 Å². The van der Waals surface area contributed by atoms with Crippen molar-refractivity contribution in [3.63, 3.8) is 0 Å². The summed E-state index contributed by atoms with van der Waals surface area (Å²) < 4.78 is 1.86. The number of aryl methyl sites for hydroxylation is 1. The van der Waals surface area contributed by atoms with Crippen LogP contribution in [0.5, 0.6) is 0 Å². The van der Waals surface area contributed by atoms with Gasteiger partial charge < -0.3 is 5.32 Å². The van der Waals surface area contributed by atoms with Crippen molar-refractivity contribution in [1.82, 2.24) is 29.7 Å². The molecule has 3 aromatic heterocycles. The topological polar surface area (TPSA) is 84.3 Å². The molecule has 7 nitrogen and oxygen atoms in total. The van der Waals surface area contributed by atoms with Gasteiger partial charge in [-0.1, -0.05) is 24.3 Å². The van der Waals surface area contributed by atoms with Crippen molar-refractivity contribution < 1.29 is 0 Å². The zero-order valence-electron chi connectivity index (χ0n) is 14.0. The lowest BCUT2D eigenvalue weighted by Gasteiger charge is -2.11. The Kier molecular flexibility index (Phi) is 3.18. The second-order valence-electron chi connectivity index (χ2n) is 5.97. The maximum atomic E-state index is 4.74. The predicted molar refractivity (Wildman–Crippen MR) is 101 cm³/mol. The summed E-state index contributed by atoms with van der Waals surface area (Å²) in [5.41, 5.74) is 1.76. The Labute approximate surface area is 148 Å². The summed E-state index contributed by atoms with van der Waals surface area (Å²) in [4.78, 5) is 13.7. The average molecular weight is 341 g/mol. The number of anilines is 2. The highest BCUT2D eigenvalue weighted by Crippen LogP contribution is 2.27. The zero-order valence-corrected chi connectivity index (χ0v) is 14.0. The van der Waals surface area contributed by atoms with Gasteiger partial charge in [-0.2, -0.15) is 10.1 Å². The summed E-state index contributed by atoms with van der Waals surface area (Å²) >= 11 is 0. The molecular formula is C19H15N7. The molecule has 0 atom stereocenters. The summed E-state index contributed by atoms with van der Waals surface area (Å²) in [5, 5.41) is 12.7. The normalized spacial score (nSPS) is 11.3. The van der Waals surface area contributed by atoms with Crippen LogP contribution >= 0.6 is 0 Å². The van der Waals surface area contributed by atoms with Gasteiger partial charge in [0.2, 0.25) is 5.95 Å². The number of aromatic nitrogens is 6. The van der Waals surface area contributed by atoms with E-state index >= 15 is 0 Å². The SMILES string of the molecule is Cc1nccn1-c1nc(Nc2[nH]nc3ccccc23)c2ccccc2n1. The molecule has 0 radical (unpaired) electrons. The lowest BCUT2D eigenvalue weighted by molar-refractivity contribution is 0.895. The summed E-state index contributed by atoms with van der Waals surface area (Å²) in [5.74, 6) is 2.93. The molecule has 0 aliphatic carbocycles. The van der Waals surface area contributed by atoms with Gasteiger partial charge in [0.25, 0.3) is 0 Å². The molecule has 0 bridgehead atoms. The van der Waals surface area contributed by atoms with Crippen LogP contribution in [-0.4, -0.2) is 29.7 Å². The second-order valence-corrected chi connectivity index (χ2v) is 5.97. The molecule has 0 saturated heterocycles. The van der Waals surface area contributed by atoms with Gasteiger partial charge in [-0.15, -0.1) is 0 Å². The van der Waals surface area contributed by atoms with Crippen LogP contribution in [-0.2, 0) is 0 Å². The van der Waals surface area contributed by atoms with Crippen molar-refractivity contribution in [2.45, 2.75) is 6.92 Å². The Morgan fingerprint density at radius 3 is 2.50 bits per heavy atom. The average Bonchev–Trinajstić information content (AvgIpc) is 3.28. The zero-order chi connectivity index (χ0) is 17.5. The maximum Gasteiger partial charge on any atom is 0.237 e. The smallest absolute Gasteiger partial charge is 0.237 e. The first-order valence-electron chi connectivity index (χ1n) is 8.27. The number of hydrogen-bond acceptors (Lipinski definition) is 5. The fourth-order valence-electron chi connectivity index (χ4n) is 3.03. The van der Waals surface area contributed by atoms with Crippen LogP contribution in [0.4, 0.5) is 11.6 Å². The molecule has 5 rings (SSSR count). The van der Waals surface area contributed by atoms with Crippen molar-refractivity contribution in [1.29, 1.82) is 0 Å². The highest BCUT2D eigenvalue weighted by Gasteiger charge is 2.12. The van der Waals surface area contributed by atoms with Gasteiger partial charge in [0.05, 0.1) is 11.0 Å². The number of fused-ring (bicyclic) bond motifs is 2. The lowest BCUT2D eigenvalue weighted by atomic mass is 10.2. The fraction of sp³-hybridized carbons (Fsp3) is 0.0526. The second kappa shape index (κ2) is 5.66. The van der Waals surface area contributed by atoms with Crippen molar-refractivity contribution in [2.75, 3.05) is 5.32 Å². The number of nitrogens with zero attached hydrogens (tertiary/aromatic N) is 5. The number of H-pyrrole nitrogens is 1. The van der Waals surface area contributed by atoms with Crippen LogP contribution in [0.3, 0.4) is 0 Å². The molecule has 26 heavy (non-hydrogen) atoms. The van der Waals surface area contributed by atoms with Crippen LogP contribution in [0, 0.1) is 6.92 Å². The number of rotatable bonds is 3. The number of imidazole rings is 1. The van der Waals surface area contributed by atoms with E-state index < -0.39 is 0 Å². The molecule has 3 heterocycles. The summed E-state index contributed by atoms with van der Waals surface area (Å²) in [6.45, 7) is 1.92. The number of hydrogen-bond donors (Lipinski definition) is 2. The highest BCUT2D eigenvalue weighted by molar-refractivity contribution is 5.96. The molecule has 2 N–H and O–H groups in total. The molecule has 0 aliphatic heterocycles. The molecule has 5 aromatic rings. The largest absolute Gasteiger partial charge is 0.324 e. The predicted octanol–water partition coefficient (Wildman–Crippen LogP) is 3.74. The van der Waals surface area contributed by atoms with Gasteiger partial charge >= 0.3 is 0 Å². The van der Waals surface area contributed by atoms with Gasteiger partial charge in [0, 0.05) is 23.2 Å². The molecule has 0 unspecified atom stereocenters. The quantitative estimate of drug-likeness (QED) is 0.522. The van der Waals surface area contributed by atoms with Gasteiger partial charge in [-0.05, 0) is 31.2 Å². The van der Waals surface area contributed by atoms with Gasteiger partial charge in [0.15, 0.2) is 0 Å². The van der Waals surface area contributed by atoms with Crippen LogP contribution in [0.1, 0.15) is 5.82 Å². The van der Waals surface area contributed by atoms with E-state index in [1.807, 2.05) is 66.2 Å². The molecule has 0 aliphatic rings. The summed E-state index contributed by atoms with van der Waals surface area (Å²) in [6, 6.07) is 15.9. The first kappa shape index (κ1) is 14.6. The van der Waals surface area contributed by atoms with E-state index in [1.54, 1.807) is 6.20 Å². The molecule has 7 heteroatoms. The van der Waals surface area contributed by atoms with Crippen molar-refractivity contribution in [3.05, 3.63) is 66.7 Å². The lowest BCUT2D eigenvalue weighted by Crippen LogP contribution is -2.06. The number of aromatic amines is 1. The highest BCUT2D eigenvalue weighted by atomic mass is 15.2. The number of para-hydroxylation sites is 2. The minimum Gasteiger partial charge on any atom is -0.324 e.